The van der Waals surface area contributed by atoms with Crippen molar-refractivity contribution < 1.29 is 8.78 Å². The van der Waals surface area contributed by atoms with Gasteiger partial charge in [-0.3, -0.25) is 0 Å². The zero-order valence-electron chi connectivity index (χ0n) is 15.5. The predicted molar refractivity (Wildman–Crippen MR) is 105 cm³/mol. The first-order valence-corrected chi connectivity index (χ1v) is 8.59. The SMILES string of the molecule is Cc1ccc(C#Cc2cc(F)c(C#Cc3ccc(C)c(C)c3)c(F)c2)cc1. The van der Waals surface area contributed by atoms with Crippen LogP contribution in [0.15, 0.2) is 54.6 Å². The molecule has 0 heterocycles. The molecule has 0 N–H and O–H groups in total. The Balaban J connectivity index is 1.89. The summed E-state index contributed by atoms with van der Waals surface area (Å²) in [6.45, 7) is 5.96. The maximum Gasteiger partial charge on any atom is 0.143 e. The van der Waals surface area contributed by atoms with Gasteiger partial charge in [-0.15, -0.1) is 0 Å². The molecule has 0 amide bonds. The van der Waals surface area contributed by atoms with Gasteiger partial charge >= 0.3 is 0 Å². The van der Waals surface area contributed by atoms with Crippen LogP contribution in [0.5, 0.6) is 0 Å². The highest BCUT2D eigenvalue weighted by Gasteiger charge is 2.08. The van der Waals surface area contributed by atoms with Crippen LogP contribution < -0.4 is 0 Å². The largest absolute Gasteiger partial charge is 0.205 e. The highest BCUT2D eigenvalue weighted by molar-refractivity contribution is 5.50. The normalized spacial score (nSPS) is 9.81. The van der Waals surface area contributed by atoms with Crippen molar-refractivity contribution >= 4 is 0 Å². The van der Waals surface area contributed by atoms with Crippen molar-refractivity contribution in [2.45, 2.75) is 20.8 Å². The van der Waals surface area contributed by atoms with Crippen LogP contribution in [-0.4, -0.2) is 0 Å². The van der Waals surface area contributed by atoms with E-state index in [0.29, 0.717) is 0 Å². The number of benzene rings is 3. The molecule has 3 aromatic carbocycles. The average molecular weight is 356 g/mol. The summed E-state index contributed by atoms with van der Waals surface area (Å²) in [5, 5.41) is 0. The Labute approximate surface area is 158 Å². The smallest absolute Gasteiger partial charge is 0.143 e. The minimum absolute atomic E-state index is 0.242. The van der Waals surface area contributed by atoms with Crippen molar-refractivity contribution in [3.8, 4) is 23.7 Å². The van der Waals surface area contributed by atoms with Gasteiger partial charge in [-0.05, 0) is 68.3 Å². The van der Waals surface area contributed by atoms with E-state index in [1.807, 2.05) is 63.2 Å². The van der Waals surface area contributed by atoms with Gasteiger partial charge in [-0.1, -0.05) is 47.4 Å². The lowest BCUT2D eigenvalue weighted by Crippen LogP contribution is -1.93. The summed E-state index contributed by atoms with van der Waals surface area (Å²) in [6.07, 6.45) is 0. The predicted octanol–water partition coefficient (Wildman–Crippen LogP) is 5.69. The molecule has 0 aliphatic rings. The minimum Gasteiger partial charge on any atom is -0.205 e. The van der Waals surface area contributed by atoms with Crippen LogP contribution in [0.1, 0.15) is 38.9 Å². The maximum absolute atomic E-state index is 14.3. The molecular formula is C25H18F2. The second-order valence-electron chi connectivity index (χ2n) is 6.48. The van der Waals surface area contributed by atoms with Crippen molar-refractivity contribution in [1.82, 2.24) is 0 Å². The first kappa shape index (κ1) is 18.4. The number of hydrogen-bond donors (Lipinski definition) is 0. The van der Waals surface area contributed by atoms with Gasteiger partial charge in [0.05, 0.1) is 5.56 Å². The van der Waals surface area contributed by atoms with Crippen molar-refractivity contribution in [2.75, 3.05) is 0 Å². The van der Waals surface area contributed by atoms with Crippen LogP contribution in [0.3, 0.4) is 0 Å². The first-order chi connectivity index (χ1) is 12.9. The fourth-order valence-electron chi connectivity index (χ4n) is 2.50. The van der Waals surface area contributed by atoms with Crippen LogP contribution in [0.25, 0.3) is 0 Å². The van der Waals surface area contributed by atoms with Crippen LogP contribution in [-0.2, 0) is 0 Å². The summed E-state index contributed by atoms with van der Waals surface area (Å²) in [4.78, 5) is 0. The third-order valence-electron chi connectivity index (χ3n) is 4.28. The van der Waals surface area contributed by atoms with Crippen LogP contribution in [0.2, 0.25) is 0 Å². The van der Waals surface area contributed by atoms with Crippen molar-refractivity contribution in [2.24, 2.45) is 0 Å². The lowest BCUT2D eigenvalue weighted by Gasteiger charge is -2.00. The molecule has 3 aromatic rings. The Morgan fingerprint density at radius 1 is 0.556 bits per heavy atom. The molecule has 0 saturated carbocycles. The standard InChI is InChI=1S/C25H18F2/c1-17-4-7-20(8-5-17)10-11-22-15-24(26)23(25(27)16-22)13-12-21-9-6-18(2)19(3)14-21/h4-9,14-16H,1-3H3. The molecule has 0 aliphatic carbocycles. The van der Waals surface area contributed by atoms with Crippen molar-refractivity contribution in [1.29, 1.82) is 0 Å². The first-order valence-electron chi connectivity index (χ1n) is 8.59. The Kier molecular flexibility index (Phi) is 5.39. The Hall–Kier alpha value is -3.36. The van der Waals surface area contributed by atoms with Crippen molar-refractivity contribution in [3.05, 3.63) is 105 Å². The summed E-state index contributed by atoms with van der Waals surface area (Å²) in [7, 11) is 0. The summed E-state index contributed by atoms with van der Waals surface area (Å²) < 4.78 is 28.7. The Bertz CT molecular complexity index is 1090. The van der Waals surface area contributed by atoms with E-state index in [0.717, 1.165) is 27.8 Å². The molecule has 0 unspecified atom stereocenters. The molecule has 0 bridgehead atoms. The number of aryl methyl sites for hydroxylation is 3. The third kappa shape index (κ3) is 4.63. The van der Waals surface area contributed by atoms with Crippen LogP contribution >= 0.6 is 0 Å². The molecular weight excluding hydrogens is 338 g/mol. The second kappa shape index (κ2) is 7.90. The average Bonchev–Trinajstić information content (AvgIpc) is 2.63. The van der Waals surface area contributed by atoms with E-state index >= 15 is 0 Å². The Morgan fingerprint density at radius 3 is 1.74 bits per heavy atom. The molecule has 0 aliphatic heterocycles. The molecule has 27 heavy (non-hydrogen) atoms. The fraction of sp³-hybridized carbons (Fsp3) is 0.120. The topological polar surface area (TPSA) is 0 Å². The molecule has 0 fully saturated rings. The quantitative estimate of drug-likeness (QED) is 0.454. The molecule has 0 spiro atoms. The van der Waals surface area contributed by atoms with E-state index in [4.69, 9.17) is 0 Å². The lowest BCUT2D eigenvalue weighted by atomic mass is 10.1. The highest BCUT2D eigenvalue weighted by Crippen LogP contribution is 2.15. The summed E-state index contributed by atoms with van der Waals surface area (Å²) in [5.41, 5.74) is 4.92. The maximum atomic E-state index is 14.3. The van der Waals surface area contributed by atoms with Gasteiger partial charge in [0.2, 0.25) is 0 Å². The van der Waals surface area contributed by atoms with E-state index < -0.39 is 11.6 Å². The van der Waals surface area contributed by atoms with Crippen molar-refractivity contribution in [3.63, 3.8) is 0 Å². The van der Waals surface area contributed by atoms with Gasteiger partial charge in [0.1, 0.15) is 11.6 Å². The van der Waals surface area contributed by atoms with Gasteiger partial charge in [-0.2, -0.15) is 0 Å². The summed E-state index contributed by atoms with van der Waals surface area (Å²) >= 11 is 0. The minimum atomic E-state index is -0.709. The molecule has 0 saturated heterocycles. The van der Waals surface area contributed by atoms with E-state index in [-0.39, 0.29) is 11.1 Å². The van der Waals surface area contributed by atoms with E-state index in [9.17, 15) is 8.78 Å². The summed E-state index contributed by atoms with van der Waals surface area (Å²) in [6, 6.07) is 15.7. The lowest BCUT2D eigenvalue weighted by molar-refractivity contribution is 0.577. The molecule has 0 nitrogen and oxygen atoms in total. The van der Waals surface area contributed by atoms with Gasteiger partial charge in [0.25, 0.3) is 0 Å². The van der Waals surface area contributed by atoms with Gasteiger partial charge in [0, 0.05) is 16.7 Å². The highest BCUT2D eigenvalue weighted by atomic mass is 19.1. The number of hydrogen-bond acceptors (Lipinski definition) is 0. The Morgan fingerprint density at radius 2 is 1.11 bits per heavy atom. The van der Waals surface area contributed by atoms with Gasteiger partial charge in [-0.25, -0.2) is 8.78 Å². The third-order valence-corrected chi connectivity index (χ3v) is 4.28. The zero-order chi connectivity index (χ0) is 19.4. The molecule has 0 radical (unpaired) electrons. The van der Waals surface area contributed by atoms with Gasteiger partial charge < -0.3 is 0 Å². The number of rotatable bonds is 0. The molecule has 2 heteroatoms. The number of halogens is 2. The van der Waals surface area contributed by atoms with E-state index in [1.54, 1.807) is 0 Å². The van der Waals surface area contributed by atoms with Crippen LogP contribution in [0, 0.1) is 56.1 Å². The van der Waals surface area contributed by atoms with Crippen LogP contribution in [0.4, 0.5) is 8.78 Å². The van der Waals surface area contributed by atoms with Gasteiger partial charge in [0.15, 0.2) is 0 Å². The molecule has 0 atom stereocenters. The van der Waals surface area contributed by atoms with E-state index in [1.165, 1.54) is 12.1 Å². The zero-order valence-corrected chi connectivity index (χ0v) is 15.5. The monoisotopic (exact) mass is 356 g/mol. The molecule has 3 rings (SSSR count). The molecule has 0 aromatic heterocycles. The fourth-order valence-corrected chi connectivity index (χ4v) is 2.50. The second-order valence-corrected chi connectivity index (χ2v) is 6.48. The van der Waals surface area contributed by atoms with E-state index in [2.05, 4.69) is 23.7 Å². The summed E-state index contributed by atoms with van der Waals surface area (Å²) in [5.74, 6) is 9.72. The molecule has 132 valence electrons.